The van der Waals surface area contributed by atoms with Crippen molar-refractivity contribution < 1.29 is 9.59 Å². The Bertz CT molecular complexity index is 1190. The van der Waals surface area contributed by atoms with Gasteiger partial charge in [0, 0.05) is 22.1 Å². The van der Waals surface area contributed by atoms with Crippen molar-refractivity contribution in [3.05, 3.63) is 64.4 Å². The van der Waals surface area contributed by atoms with Gasteiger partial charge in [0.05, 0.1) is 17.6 Å². The maximum atomic E-state index is 14.0. The summed E-state index contributed by atoms with van der Waals surface area (Å²) < 4.78 is 2.87. The molecule has 6 nitrogen and oxygen atoms in total. The highest BCUT2D eigenvalue weighted by atomic mass is 79.9. The lowest BCUT2D eigenvalue weighted by Gasteiger charge is -2.42. The summed E-state index contributed by atoms with van der Waals surface area (Å²) in [6.07, 6.45) is 11.8. The monoisotopic (exact) mass is 550 g/mol. The van der Waals surface area contributed by atoms with Gasteiger partial charge in [-0.05, 0) is 56.0 Å². The molecule has 2 amide bonds. The molecule has 0 aliphatic heterocycles. The number of nitrogens with one attached hydrogen (secondary N) is 1. The quantitative estimate of drug-likeness (QED) is 0.379. The predicted molar refractivity (Wildman–Crippen MR) is 146 cm³/mol. The molecule has 5 rings (SSSR count). The fourth-order valence-corrected chi connectivity index (χ4v) is 6.37. The summed E-state index contributed by atoms with van der Waals surface area (Å²) in [7, 11) is 0. The molecule has 0 unspecified atom stereocenters. The van der Waals surface area contributed by atoms with Crippen LogP contribution in [-0.4, -0.2) is 38.3 Å². The third kappa shape index (κ3) is 5.66. The summed E-state index contributed by atoms with van der Waals surface area (Å²) in [5.41, 5.74) is 2.37. The van der Waals surface area contributed by atoms with Gasteiger partial charge in [-0.25, -0.2) is 4.98 Å². The van der Waals surface area contributed by atoms with Crippen LogP contribution < -0.4 is 5.32 Å². The van der Waals surface area contributed by atoms with E-state index in [9.17, 15) is 9.59 Å². The molecule has 2 aromatic carbocycles. The zero-order valence-electron chi connectivity index (χ0n) is 20.8. The van der Waals surface area contributed by atoms with Gasteiger partial charge in [-0.2, -0.15) is 0 Å². The molecule has 1 aromatic heterocycles. The molecule has 3 aromatic rings. The summed E-state index contributed by atoms with van der Waals surface area (Å²) in [5, 5.41) is 3.01. The minimum absolute atomic E-state index is 0.160. The standard InChI is InChI=1S/C29H35BrN4O2/c30-22-11-9-10-21(18-22)29(36)31-19-27-32-25-16-7-8-17-26(25)33(27)20-28(35)34(23-12-3-1-4-13-23)24-14-5-2-6-15-24/h7-11,16-18,23-24H,1-6,12-15,19-20H2,(H,31,36). The average molecular weight is 552 g/mol. The predicted octanol–water partition coefficient (Wildman–Crippen LogP) is 6.22. The van der Waals surface area contributed by atoms with Gasteiger partial charge in [-0.1, -0.05) is 72.7 Å². The Morgan fingerprint density at radius 3 is 2.25 bits per heavy atom. The van der Waals surface area contributed by atoms with E-state index in [4.69, 9.17) is 4.98 Å². The molecule has 2 saturated carbocycles. The molecule has 2 aliphatic rings. The SMILES string of the molecule is O=C(NCc1nc2ccccc2n1CC(=O)N(C1CCCCC1)C1CCCCC1)c1cccc(Br)c1. The number of nitrogens with zero attached hydrogens (tertiary/aromatic N) is 3. The van der Waals surface area contributed by atoms with E-state index in [1.807, 2.05) is 41.0 Å². The molecule has 2 aliphatic carbocycles. The second-order valence-electron chi connectivity index (χ2n) is 10.2. The zero-order valence-corrected chi connectivity index (χ0v) is 22.4. The number of hydrogen-bond donors (Lipinski definition) is 1. The lowest BCUT2D eigenvalue weighted by molar-refractivity contribution is -0.138. The number of rotatable bonds is 7. The van der Waals surface area contributed by atoms with Crippen molar-refractivity contribution in [1.29, 1.82) is 0 Å². The van der Waals surface area contributed by atoms with E-state index >= 15 is 0 Å². The number of aromatic nitrogens is 2. The number of benzene rings is 2. The average Bonchev–Trinajstić information content (AvgIpc) is 3.26. The molecule has 0 radical (unpaired) electrons. The van der Waals surface area contributed by atoms with Gasteiger partial charge in [-0.3, -0.25) is 9.59 Å². The second-order valence-corrected chi connectivity index (χ2v) is 11.1. The normalized spacial score (nSPS) is 17.2. The molecule has 1 heterocycles. The fraction of sp³-hybridized carbons (Fsp3) is 0.483. The first-order valence-corrected chi connectivity index (χ1v) is 14.2. The Hall–Kier alpha value is -2.67. The third-order valence-corrected chi connectivity index (χ3v) is 8.24. The van der Waals surface area contributed by atoms with Crippen LogP contribution in [0, 0.1) is 0 Å². The first-order chi connectivity index (χ1) is 17.6. The molecular weight excluding hydrogens is 516 g/mol. The van der Waals surface area contributed by atoms with Crippen LogP contribution in [0.25, 0.3) is 11.0 Å². The Labute approximate surface area is 221 Å². The topological polar surface area (TPSA) is 67.2 Å². The van der Waals surface area contributed by atoms with Crippen molar-refractivity contribution in [3.63, 3.8) is 0 Å². The Morgan fingerprint density at radius 2 is 1.58 bits per heavy atom. The summed E-state index contributed by atoms with van der Waals surface area (Å²) in [4.78, 5) is 33.8. The van der Waals surface area contributed by atoms with E-state index in [1.165, 1.54) is 38.5 Å². The first-order valence-electron chi connectivity index (χ1n) is 13.4. The van der Waals surface area contributed by atoms with E-state index in [-0.39, 0.29) is 24.9 Å². The summed E-state index contributed by atoms with van der Waals surface area (Å²) in [5.74, 6) is 0.740. The van der Waals surface area contributed by atoms with Gasteiger partial charge in [0.25, 0.3) is 5.91 Å². The smallest absolute Gasteiger partial charge is 0.251 e. The molecular formula is C29H35BrN4O2. The Morgan fingerprint density at radius 1 is 0.917 bits per heavy atom. The minimum atomic E-state index is -0.160. The summed E-state index contributed by atoms with van der Waals surface area (Å²) in [6, 6.07) is 16.0. The molecule has 0 spiro atoms. The van der Waals surface area contributed by atoms with Crippen LogP contribution in [0.15, 0.2) is 53.0 Å². The van der Waals surface area contributed by atoms with E-state index in [2.05, 4.69) is 26.1 Å². The summed E-state index contributed by atoms with van der Waals surface area (Å²) >= 11 is 3.43. The maximum Gasteiger partial charge on any atom is 0.251 e. The highest BCUT2D eigenvalue weighted by molar-refractivity contribution is 9.10. The molecule has 0 atom stereocenters. The number of fused-ring (bicyclic) bond motifs is 1. The van der Waals surface area contributed by atoms with Crippen LogP contribution in [0.5, 0.6) is 0 Å². The van der Waals surface area contributed by atoms with E-state index in [0.717, 1.165) is 41.2 Å². The zero-order chi connectivity index (χ0) is 24.9. The van der Waals surface area contributed by atoms with Gasteiger partial charge >= 0.3 is 0 Å². The van der Waals surface area contributed by atoms with Crippen LogP contribution in [0.3, 0.4) is 0 Å². The van der Waals surface area contributed by atoms with Crippen LogP contribution in [0.1, 0.15) is 80.4 Å². The number of para-hydroxylation sites is 2. The van der Waals surface area contributed by atoms with E-state index in [0.29, 0.717) is 23.5 Å². The van der Waals surface area contributed by atoms with Crippen molar-refractivity contribution in [1.82, 2.24) is 19.8 Å². The number of carbonyl (C=O) groups excluding carboxylic acids is 2. The Kier molecular flexibility index (Phi) is 8.05. The largest absolute Gasteiger partial charge is 0.345 e. The maximum absolute atomic E-state index is 14.0. The van der Waals surface area contributed by atoms with Crippen LogP contribution >= 0.6 is 15.9 Å². The van der Waals surface area contributed by atoms with Crippen LogP contribution in [0.2, 0.25) is 0 Å². The number of imidazole rings is 1. The van der Waals surface area contributed by atoms with E-state index in [1.54, 1.807) is 12.1 Å². The van der Waals surface area contributed by atoms with Crippen molar-refractivity contribution >= 4 is 38.8 Å². The van der Waals surface area contributed by atoms with E-state index < -0.39 is 0 Å². The Balaban J connectivity index is 1.39. The molecule has 7 heteroatoms. The van der Waals surface area contributed by atoms with Crippen molar-refractivity contribution in [2.24, 2.45) is 0 Å². The number of hydrogen-bond acceptors (Lipinski definition) is 3. The highest BCUT2D eigenvalue weighted by Crippen LogP contribution is 2.31. The molecule has 0 bridgehead atoms. The molecule has 2 fully saturated rings. The van der Waals surface area contributed by atoms with Crippen molar-refractivity contribution in [3.8, 4) is 0 Å². The third-order valence-electron chi connectivity index (χ3n) is 7.75. The molecule has 190 valence electrons. The van der Waals surface area contributed by atoms with Gasteiger partial charge in [0.2, 0.25) is 5.91 Å². The van der Waals surface area contributed by atoms with Crippen LogP contribution in [-0.2, 0) is 17.9 Å². The number of carbonyl (C=O) groups is 2. The number of halogens is 1. The van der Waals surface area contributed by atoms with Gasteiger partial charge in [0.1, 0.15) is 12.4 Å². The van der Waals surface area contributed by atoms with Crippen LogP contribution in [0.4, 0.5) is 0 Å². The lowest BCUT2D eigenvalue weighted by atomic mass is 9.88. The highest BCUT2D eigenvalue weighted by Gasteiger charge is 2.33. The van der Waals surface area contributed by atoms with Gasteiger partial charge in [0.15, 0.2) is 0 Å². The molecule has 1 N–H and O–H groups in total. The lowest BCUT2D eigenvalue weighted by Crippen LogP contribution is -2.50. The molecule has 36 heavy (non-hydrogen) atoms. The van der Waals surface area contributed by atoms with Gasteiger partial charge in [-0.15, -0.1) is 0 Å². The van der Waals surface area contributed by atoms with Gasteiger partial charge < -0.3 is 14.8 Å². The second kappa shape index (κ2) is 11.6. The summed E-state index contributed by atoms with van der Waals surface area (Å²) in [6.45, 7) is 0.524. The van der Waals surface area contributed by atoms with Crippen molar-refractivity contribution in [2.75, 3.05) is 0 Å². The van der Waals surface area contributed by atoms with Crippen molar-refractivity contribution in [2.45, 2.75) is 89.4 Å². The first kappa shape index (κ1) is 25.0. The molecule has 0 saturated heterocycles. The number of amides is 2. The fourth-order valence-electron chi connectivity index (χ4n) is 5.97. The minimum Gasteiger partial charge on any atom is -0.345 e.